The Morgan fingerprint density at radius 3 is 2.83 bits per heavy atom. The normalized spacial score (nSPS) is 20.6. The highest BCUT2D eigenvalue weighted by atomic mass is 16.5. The summed E-state index contributed by atoms with van der Waals surface area (Å²) in [5.74, 6) is 0.727. The molecule has 1 heterocycles. The molecule has 1 aliphatic rings. The van der Waals surface area contributed by atoms with Crippen LogP contribution in [0.1, 0.15) is 36.9 Å². The summed E-state index contributed by atoms with van der Waals surface area (Å²) < 4.78 is 5.37. The number of benzene rings is 1. The molecule has 1 aliphatic heterocycles. The van der Waals surface area contributed by atoms with E-state index in [-0.39, 0.29) is 0 Å². The molecule has 0 bridgehead atoms. The average molecular weight is 244 g/mol. The van der Waals surface area contributed by atoms with Gasteiger partial charge < -0.3 is 10.1 Å². The van der Waals surface area contributed by atoms with Crippen LogP contribution in [0.2, 0.25) is 0 Å². The number of nitriles is 1. The number of hydrogen-bond donors (Lipinski definition) is 1. The Morgan fingerprint density at radius 2 is 2.22 bits per heavy atom. The van der Waals surface area contributed by atoms with Crippen LogP contribution in [0.25, 0.3) is 0 Å². The molecule has 18 heavy (non-hydrogen) atoms. The van der Waals surface area contributed by atoms with Gasteiger partial charge in [0.05, 0.1) is 11.6 Å². The molecule has 1 saturated heterocycles. The van der Waals surface area contributed by atoms with E-state index >= 15 is 0 Å². The second-order valence-corrected chi connectivity index (χ2v) is 4.93. The standard InChI is InChI=1S/C15H20N2O/c1-12(15-4-2-13(10-16)3-5-15)17-8-6-14-7-9-18-11-14/h2-5,12,14,17H,6-9,11H2,1H3. The fraction of sp³-hybridized carbons (Fsp3) is 0.533. The second kappa shape index (κ2) is 6.53. The lowest BCUT2D eigenvalue weighted by molar-refractivity contribution is 0.184. The summed E-state index contributed by atoms with van der Waals surface area (Å²) in [5.41, 5.74) is 1.95. The highest BCUT2D eigenvalue weighted by Crippen LogP contribution is 2.17. The Morgan fingerprint density at radius 1 is 1.44 bits per heavy atom. The molecule has 1 fully saturated rings. The van der Waals surface area contributed by atoms with Gasteiger partial charge in [0.25, 0.3) is 0 Å². The van der Waals surface area contributed by atoms with Crippen molar-refractivity contribution in [3.8, 4) is 6.07 Å². The third-order valence-electron chi connectivity index (χ3n) is 3.57. The lowest BCUT2D eigenvalue weighted by Crippen LogP contribution is -2.22. The molecule has 2 atom stereocenters. The quantitative estimate of drug-likeness (QED) is 0.866. The number of nitrogens with one attached hydrogen (secondary N) is 1. The lowest BCUT2D eigenvalue weighted by Gasteiger charge is -2.15. The Hall–Kier alpha value is -1.37. The van der Waals surface area contributed by atoms with E-state index in [1.54, 1.807) is 0 Å². The number of hydrogen-bond acceptors (Lipinski definition) is 3. The summed E-state index contributed by atoms with van der Waals surface area (Å²) in [4.78, 5) is 0. The van der Waals surface area contributed by atoms with Crippen LogP contribution in [0.5, 0.6) is 0 Å². The van der Waals surface area contributed by atoms with Crippen LogP contribution in [0, 0.1) is 17.2 Å². The van der Waals surface area contributed by atoms with Gasteiger partial charge in [0, 0.05) is 19.3 Å². The molecule has 0 amide bonds. The molecule has 0 aromatic heterocycles. The van der Waals surface area contributed by atoms with Crippen LogP contribution in [0.3, 0.4) is 0 Å². The Bertz CT molecular complexity index is 401. The van der Waals surface area contributed by atoms with Crippen LogP contribution in [0.15, 0.2) is 24.3 Å². The topological polar surface area (TPSA) is 45.0 Å². The molecule has 0 spiro atoms. The van der Waals surface area contributed by atoms with Crippen molar-refractivity contribution < 1.29 is 4.74 Å². The fourth-order valence-electron chi connectivity index (χ4n) is 2.28. The summed E-state index contributed by atoms with van der Waals surface area (Å²) >= 11 is 0. The summed E-state index contributed by atoms with van der Waals surface area (Å²) in [6, 6.07) is 10.3. The zero-order valence-electron chi connectivity index (χ0n) is 10.9. The highest BCUT2D eigenvalue weighted by molar-refractivity contribution is 5.32. The van der Waals surface area contributed by atoms with Gasteiger partial charge in [0.2, 0.25) is 0 Å². The first-order valence-corrected chi connectivity index (χ1v) is 6.61. The summed E-state index contributed by atoms with van der Waals surface area (Å²) in [6.07, 6.45) is 2.38. The van der Waals surface area contributed by atoms with Crippen molar-refractivity contribution >= 4 is 0 Å². The SMILES string of the molecule is CC(NCCC1CCOC1)c1ccc(C#N)cc1. The first-order valence-electron chi connectivity index (χ1n) is 6.61. The molecule has 1 aromatic rings. The van der Waals surface area contributed by atoms with Crippen molar-refractivity contribution in [2.45, 2.75) is 25.8 Å². The van der Waals surface area contributed by atoms with Crippen LogP contribution in [-0.4, -0.2) is 19.8 Å². The number of nitrogens with zero attached hydrogens (tertiary/aromatic N) is 1. The van der Waals surface area contributed by atoms with Crippen molar-refractivity contribution in [2.75, 3.05) is 19.8 Å². The van der Waals surface area contributed by atoms with Crippen LogP contribution >= 0.6 is 0 Å². The molecule has 0 radical (unpaired) electrons. The Balaban J connectivity index is 1.76. The van der Waals surface area contributed by atoms with Crippen molar-refractivity contribution in [3.63, 3.8) is 0 Å². The van der Waals surface area contributed by atoms with Crippen molar-refractivity contribution in [1.29, 1.82) is 5.26 Å². The lowest BCUT2D eigenvalue weighted by atomic mass is 10.0. The second-order valence-electron chi connectivity index (χ2n) is 4.93. The van der Waals surface area contributed by atoms with Crippen molar-refractivity contribution in [2.24, 2.45) is 5.92 Å². The van der Waals surface area contributed by atoms with Crippen LogP contribution in [0.4, 0.5) is 0 Å². The molecule has 3 heteroatoms. The van der Waals surface area contributed by atoms with Gasteiger partial charge in [-0.3, -0.25) is 0 Å². The van der Waals surface area contributed by atoms with Gasteiger partial charge in [-0.1, -0.05) is 12.1 Å². The molecule has 1 N–H and O–H groups in total. The number of rotatable bonds is 5. The molecular formula is C15H20N2O. The predicted molar refractivity (Wildman–Crippen MR) is 71.1 cm³/mol. The minimum absolute atomic E-state index is 0.333. The number of ether oxygens (including phenoxy) is 1. The van der Waals surface area contributed by atoms with Gasteiger partial charge in [0.1, 0.15) is 0 Å². The van der Waals surface area contributed by atoms with E-state index in [0.717, 1.165) is 25.7 Å². The van der Waals surface area contributed by atoms with Crippen molar-refractivity contribution in [1.82, 2.24) is 5.32 Å². The Kier molecular flexibility index (Phi) is 4.74. The van der Waals surface area contributed by atoms with Gasteiger partial charge in [-0.2, -0.15) is 5.26 Å². The van der Waals surface area contributed by atoms with Crippen LogP contribution < -0.4 is 5.32 Å². The molecule has 1 aromatic carbocycles. The van der Waals surface area contributed by atoms with E-state index in [2.05, 4.69) is 18.3 Å². The van der Waals surface area contributed by atoms with E-state index in [4.69, 9.17) is 10.00 Å². The van der Waals surface area contributed by atoms with Gasteiger partial charge in [-0.15, -0.1) is 0 Å². The first-order chi connectivity index (χ1) is 8.79. The maximum absolute atomic E-state index is 8.75. The maximum atomic E-state index is 8.75. The first kappa shape index (κ1) is 13.1. The largest absolute Gasteiger partial charge is 0.381 e. The van der Waals surface area contributed by atoms with Gasteiger partial charge in [-0.05, 0) is 49.9 Å². The summed E-state index contributed by atoms with van der Waals surface area (Å²) in [6.45, 7) is 5.03. The molecule has 0 saturated carbocycles. The molecule has 2 rings (SSSR count). The molecule has 3 nitrogen and oxygen atoms in total. The van der Waals surface area contributed by atoms with E-state index in [9.17, 15) is 0 Å². The summed E-state index contributed by atoms with van der Waals surface area (Å²) in [7, 11) is 0. The van der Waals surface area contributed by atoms with E-state index < -0.39 is 0 Å². The molecule has 96 valence electrons. The zero-order valence-corrected chi connectivity index (χ0v) is 10.9. The zero-order chi connectivity index (χ0) is 12.8. The van der Waals surface area contributed by atoms with Gasteiger partial charge in [0.15, 0.2) is 0 Å². The fourth-order valence-corrected chi connectivity index (χ4v) is 2.28. The third kappa shape index (κ3) is 3.56. The monoisotopic (exact) mass is 244 g/mol. The smallest absolute Gasteiger partial charge is 0.0991 e. The molecular weight excluding hydrogens is 224 g/mol. The van der Waals surface area contributed by atoms with E-state index in [1.807, 2.05) is 24.3 Å². The van der Waals surface area contributed by atoms with E-state index in [0.29, 0.717) is 11.6 Å². The summed E-state index contributed by atoms with van der Waals surface area (Å²) in [5, 5.41) is 12.3. The van der Waals surface area contributed by atoms with Gasteiger partial charge in [-0.25, -0.2) is 0 Å². The van der Waals surface area contributed by atoms with Crippen LogP contribution in [-0.2, 0) is 4.74 Å². The van der Waals surface area contributed by atoms with Gasteiger partial charge >= 0.3 is 0 Å². The predicted octanol–water partition coefficient (Wildman–Crippen LogP) is 2.64. The molecule has 2 unspecified atom stereocenters. The highest BCUT2D eigenvalue weighted by Gasteiger charge is 2.15. The Labute approximate surface area is 109 Å². The van der Waals surface area contributed by atoms with Crippen molar-refractivity contribution in [3.05, 3.63) is 35.4 Å². The minimum Gasteiger partial charge on any atom is -0.381 e. The molecule has 0 aliphatic carbocycles. The minimum atomic E-state index is 0.333. The third-order valence-corrected chi connectivity index (χ3v) is 3.57. The maximum Gasteiger partial charge on any atom is 0.0991 e. The van der Waals surface area contributed by atoms with E-state index in [1.165, 1.54) is 18.4 Å². The average Bonchev–Trinajstić information content (AvgIpc) is 2.92.